The van der Waals surface area contributed by atoms with Crippen LogP contribution in [0.25, 0.3) is 0 Å². The molecule has 2 amide bonds. The third-order valence-corrected chi connectivity index (χ3v) is 4.08. The molecule has 0 fully saturated rings. The maximum atomic E-state index is 12.3. The quantitative estimate of drug-likeness (QED) is 0.637. The molecule has 2 aromatic carbocycles. The first-order chi connectivity index (χ1) is 12.4. The number of ether oxygens (including phenoxy) is 2. The van der Waals surface area contributed by atoms with E-state index in [0.29, 0.717) is 27.6 Å². The topological polar surface area (TPSA) is 76.7 Å². The van der Waals surface area contributed by atoms with E-state index < -0.39 is 11.8 Å². The Hall–Kier alpha value is -1.96. The molecule has 0 saturated heterocycles. The van der Waals surface area contributed by atoms with Gasteiger partial charge in [0.1, 0.15) is 11.5 Å². The van der Waals surface area contributed by atoms with Crippen LogP contribution in [0.5, 0.6) is 11.5 Å². The minimum absolute atomic E-state index is 0.281. The summed E-state index contributed by atoms with van der Waals surface area (Å²) in [6.45, 7) is 1.88. The lowest BCUT2D eigenvalue weighted by atomic mass is 10.2. The summed E-state index contributed by atoms with van der Waals surface area (Å²) in [4.78, 5) is 24.1. The normalized spacial score (nSPS) is 10.2. The molecule has 0 heterocycles. The highest BCUT2D eigenvalue weighted by Gasteiger charge is 2.14. The summed E-state index contributed by atoms with van der Waals surface area (Å²) >= 11 is 15.0. The van der Waals surface area contributed by atoms with Crippen LogP contribution in [-0.2, 0) is 4.79 Å². The summed E-state index contributed by atoms with van der Waals surface area (Å²) in [7, 11) is 0. The molecule has 0 aromatic heterocycles. The fourth-order valence-corrected chi connectivity index (χ4v) is 2.75. The second-order valence-corrected chi connectivity index (χ2v) is 6.70. The number of benzene rings is 2. The predicted octanol–water partition coefficient (Wildman–Crippen LogP) is 3.99. The molecular formula is C17H15BrCl2N2O4. The minimum Gasteiger partial charge on any atom is -0.493 e. The molecule has 0 aliphatic heterocycles. The standard InChI is InChI=1S/C17H15BrCl2N2O4/c1-2-25-14-5-3-10(18)7-12(14)17(24)22-21-16(23)9-26-15-6-4-11(19)8-13(15)20/h3-8H,2,9H2,1H3,(H,21,23)(H,22,24). The Morgan fingerprint density at radius 2 is 1.77 bits per heavy atom. The molecule has 0 atom stereocenters. The number of hydrogen-bond donors (Lipinski definition) is 2. The van der Waals surface area contributed by atoms with E-state index in [0.717, 1.165) is 0 Å². The summed E-state index contributed by atoms with van der Waals surface area (Å²) in [5.41, 5.74) is 4.86. The van der Waals surface area contributed by atoms with Crippen LogP contribution in [0.1, 0.15) is 17.3 Å². The number of carbonyl (C=O) groups is 2. The van der Waals surface area contributed by atoms with Gasteiger partial charge in [0.05, 0.1) is 17.2 Å². The number of halogens is 3. The number of hydrazine groups is 1. The van der Waals surface area contributed by atoms with E-state index in [1.807, 2.05) is 6.92 Å². The van der Waals surface area contributed by atoms with Crippen LogP contribution in [-0.4, -0.2) is 25.0 Å². The van der Waals surface area contributed by atoms with Crippen molar-refractivity contribution in [2.75, 3.05) is 13.2 Å². The summed E-state index contributed by atoms with van der Waals surface area (Å²) in [5.74, 6) is -0.361. The van der Waals surface area contributed by atoms with Crippen molar-refractivity contribution in [3.63, 3.8) is 0 Å². The maximum Gasteiger partial charge on any atom is 0.276 e. The zero-order valence-electron chi connectivity index (χ0n) is 13.6. The molecule has 0 aliphatic carbocycles. The van der Waals surface area contributed by atoms with Crippen molar-refractivity contribution in [3.05, 3.63) is 56.5 Å². The average molecular weight is 462 g/mol. The number of rotatable bonds is 6. The zero-order valence-corrected chi connectivity index (χ0v) is 16.7. The van der Waals surface area contributed by atoms with Crippen molar-refractivity contribution in [1.29, 1.82) is 0 Å². The number of carbonyl (C=O) groups excluding carboxylic acids is 2. The molecule has 2 N–H and O–H groups in total. The molecule has 0 aliphatic rings. The third kappa shape index (κ3) is 5.79. The SMILES string of the molecule is CCOc1ccc(Br)cc1C(=O)NNC(=O)COc1ccc(Cl)cc1Cl. The van der Waals surface area contributed by atoms with Gasteiger partial charge in [-0.05, 0) is 43.3 Å². The van der Waals surface area contributed by atoms with Gasteiger partial charge in [0.15, 0.2) is 6.61 Å². The molecule has 0 spiro atoms. The molecule has 0 saturated carbocycles. The summed E-state index contributed by atoms with van der Waals surface area (Å²) in [6.07, 6.45) is 0. The number of amides is 2. The average Bonchev–Trinajstić information content (AvgIpc) is 2.60. The molecule has 0 bridgehead atoms. The molecule has 138 valence electrons. The van der Waals surface area contributed by atoms with Gasteiger partial charge in [0, 0.05) is 9.50 Å². The van der Waals surface area contributed by atoms with E-state index in [1.165, 1.54) is 6.07 Å². The van der Waals surface area contributed by atoms with Crippen LogP contribution in [0.15, 0.2) is 40.9 Å². The van der Waals surface area contributed by atoms with Gasteiger partial charge in [0.25, 0.3) is 11.8 Å². The van der Waals surface area contributed by atoms with Gasteiger partial charge in [0.2, 0.25) is 0 Å². The van der Waals surface area contributed by atoms with Crippen LogP contribution < -0.4 is 20.3 Å². The first-order valence-electron chi connectivity index (χ1n) is 7.50. The van der Waals surface area contributed by atoms with Crippen molar-refractivity contribution in [2.24, 2.45) is 0 Å². The van der Waals surface area contributed by atoms with Crippen molar-refractivity contribution >= 4 is 50.9 Å². The minimum atomic E-state index is -0.558. The van der Waals surface area contributed by atoms with Crippen molar-refractivity contribution in [1.82, 2.24) is 10.9 Å². The summed E-state index contributed by atoms with van der Waals surface area (Å²) in [6, 6.07) is 9.65. The monoisotopic (exact) mass is 460 g/mol. The van der Waals surface area contributed by atoms with Gasteiger partial charge in [-0.25, -0.2) is 0 Å². The van der Waals surface area contributed by atoms with Crippen LogP contribution in [0.2, 0.25) is 10.0 Å². The summed E-state index contributed by atoms with van der Waals surface area (Å²) < 4.78 is 11.4. The highest BCUT2D eigenvalue weighted by atomic mass is 79.9. The van der Waals surface area contributed by atoms with E-state index in [-0.39, 0.29) is 17.2 Å². The highest BCUT2D eigenvalue weighted by molar-refractivity contribution is 9.10. The van der Waals surface area contributed by atoms with Gasteiger partial charge in [-0.15, -0.1) is 0 Å². The Balaban J connectivity index is 1.91. The van der Waals surface area contributed by atoms with Crippen LogP contribution in [0.4, 0.5) is 0 Å². The zero-order chi connectivity index (χ0) is 19.1. The number of hydrogen-bond acceptors (Lipinski definition) is 4. The van der Waals surface area contributed by atoms with Crippen LogP contribution in [0, 0.1) is 0 Å². The molecule has 26 heavy (non-hydrogen) atoms. The van der Waals surface area contributed by atoms with Gasteiger partial charge < -0.3 is 9.47 Å². The van der Waals surface area contributed by atoms with Gasteiger partial charge in [-0.1, -0.05) is 39.1 Å². The second-order valence-electron chi connectivity index (χ2n) is 4.94. The van der Waals surface area contributed by atoms with Crippen molar-refractivity contribution < 1.29 is 19.1 Å². The molecule has 0 unspecified atom stereocenters. The molecule has 6 nitrogen and oxygen atoms in total. The van der Waals surface area contributed by atoms with E-state index >= 15 is 0 Å². The van der Waals surface area contributed by atoms with Gasteiger partial charge in [-0.2, -0.15) is 0 Å². The predicted molar refractivity (Wildman–Crippen MR) is 103 cm³/mol. The van der Waals surface area contributed by atoms with Crippen LogP contribution >= 0.6 is 39.1 Å². The van der Waals surface area contributed by atoms with E-state index in [1.54, 1.807) is 30.3 Å². The lowest BCUT2D eigenvalue weighted by Gasteiger charge is -2.12. The molecular weight excluding hydrogens is 447 g/mol. The van der Waals surface area contributed by atoms with E-state index in [4.69, 9.17) is 32.7 Å². The van der Waals surface area contributed by atoms with Gasteiger partial charge >= 0.3 is 0 Å². The van der Waals surface area contributed by atoms with E-state index in [9.17, 15) is 9.59 Å². The Morgan fingerprint density at radius 1 is 1.04 bits per heavy atom. The number of nitrogens with one attached hydrogen (secondary N) is 2. The van der Waals surface area contributed by atoms with Crippen LogP contribution in [0.3, 0.4) is 0 Å². The van der Waals surface area contributed by atoms with Crippen molar-refractivity contribution in [2.45, 2.75) is 6.92 Å². The van der Waals surface area contributed by atoms with E-state index in [2.05, 4.69) is 26.8 Å². The Kier molecular flexibility index (Phi) is 7.56. The third-order valence-electron chi connectivity index (χ3n) is 3.05. The molecule has 2 rings (SSSR count). The first-order valence-corrected chi connectivity index (χ1v) is 9.05. The van der Waals surface area contributed by atoms with Gasteiger partial charge in [-0.3, -0.25) is 20.4 Å². The molecule has 0 radical (unpaired) electrons. The smallest absolute Gasteiger partial charge is 0.276 e. The summed E-state index contributed by atoms with van der Waals surface area (Å²) in [5, 5.41) is 0.739. The Morgan fingerprint density at radius 3 is 2.46 bits per heavy atom. The molecule has 2 aromatic rings. The first kappa shape index (κ1) is 20.4. The second kappa shape index (κ2) is 9.66. The van der Waals surface area contributed by atoms with Crippen molar-refractivity contribution in [3.8, 4) is 11.5 Å². The lowest BCUT2D eigenvalue weighted by molar-refractivity contribution is -0.123. The lowest BCUT2D eigenvalue weighted by Crippen LogP contribution is -2.44. The molecule has 9 heteroatoms. The fraction of sp³-hybridized carbons (Fsp3) is 0.176. The Labute approximate surface area is 168 Å². The maximum absolute atomic E-state index is 12.3. The fourth-order valence-electron chi connectivity index (χ4n) is 1.93. The largest absolute Gasteiger partial charge is 0.493 e. The Bertz CT molecular complexity index is 817. The highest BCUT2D eigenvalue weighted by Crippen LogP contribution is 2.27.